The zero-order valence-corrected chi connectivity index (χ0v) is 9.19. The van der Waals surface area contributed by atoms with Crippen LogP contribution in [0, 0.1) is 0 Å². The van der Waals surface area contributed by atoms with Crippen LogP contribution in [0.4, 0.5) is 22.0 Å². The summed E-state index contributed by atoms with van der Waals surface area (Å²) in [5.74, 6) is -1.55. The number of rotatable bonds is 3. The van der Waals surface area contributed by atoms with Crippen LogP contribution in [-0.4, -0.2) is 16.1 Å². The number of aromatic nitrogens is 1. The summed E-state index contributed by atoms with van der Waals surface area (Å²) in [7, 11) is 0. The predicted molar refractivity (Wildman–Crippen MR) is 50.5 cm³/mol. The quantitative estimate of drug-likeness (QED) is 0.686. The minimum Gasteiger partial charge on any atom is -0.481 e. The highest BCUT2D eigenvalue weighted by Crippen LogP contribution is 2.38. The third-order valence-corrected chi connectivity index (χ3v) is 2.14. The molecule has 1 heterocycles. The average Bonchev–Trinajstić information content (AvgIpc) is 2.13. The van der Waals surface area contributed by atoms with Gasteiger partial charge in [0.2, 0.25) is 0 Å². The van der Waals surface area contributed by atoms with E-state index in [1.807, 2.05) is 0 Å². The molecule has 3 nitrogen and oxygen atoms in total. The summed E-state index contributed by atoms with van der Waals surface area (Å²) < 4.78 is 62.8. The van der Waals surface area contributed by atoms with Gasteiger partial charge in [-0.1, -0.05) is 11.6 Å². The number of carboxylic acid groups (broad SMARTS) is 1. The Kier molecular flexibility index (Phi) is 4.10. The molecule has 0 fully saturated rings. The maximum atomic E-state index is 12.6. The first-order chi connectivity index (χ1) is 8.12. The molecular formula is C9H5ClF5NO2. The Bertz CT molecular complexity index is 475. The summed E-state index contributed by atoms with van der Waals surface area (Å²) in [5, 5.41) is 7.78. The molecule has 1 N–H and O–H groups in total. The maximum absolute atomic E-state index is 12.6. The number of pyridine rings is 1. The fourth-order valence-electron chi connectivity index (χ4n) is 1.34. The van der Waals surface area contributed by atoms with Crippen molar-refractivity contribution in [2.75, 3.05) is 0 Å². The van der Waals surface area contributed by atoms with E-state index in [4.69, 9.17) is 16.7 Å². The lowest BCUT2D eigenvalue weighted by atomic mass is 10.0. The molecule has 0 amide bonds. The minimum absolute atomic E-state index is 0.687. The van der Waals surface area contributed by atoms with Crippen molar-refractivity contribution in [3.05, 3.63) is 28.0 Å². The molecule has 9 heteroatoms. The monoisotopic (exact) mass is 289 g/mol. The zero-order chi connectivity index (χ0) is 14.1. The van der Waals surface area contributed by atoms with E-state index in [1.165, 1.54) is 0 Å². The molecule has 0 aliphatic carbocycles. The van der Waals surface area contributed by atoms with E-state index in [9.17, 15) is 26.7 Å². The van der Waals surface area contributed by atoms with Gasteiger partial charge in [-0.25, -0.2) is 13.8 Å². The van der Waals surface area contributed by atoms with Gasteiger partial charge in [-0.2, -0.15) is 13.2 Å². The number of hydrogen-bond donors (Lipinski definition) is 1. The molecule has 0 saturated carbocycles. The molecular weight excluding hydrogens is 285 g/mol. The molecule has 0 spiro atoms. The molecule has 1 aromatic rings. The number of carbonyl (C=O) groups is 1. The number of nitrogens with zero attached hydrogens (tertiary/aromatic N) is 1. The van der Waals surface area contributed by atoms with Crippen LogP contribution >= 0.6 is 11.6 Å². The predicted octanol–water partition coefficient (Wildman–Crippen LogP) is 3.32. The van der Waals surface area contributed by atoms with Crippen LogP contribution in [0.5, 0.6) is 0 Å². The SMILES string of the molecule is O=C(O)Cc1cc(Cl)nc(C(F)(F)F)c1C(F)F. The van der Waals surface area contributed by atoms with Gasteiger partial charge in [-0.3, -0.25) is 4.79 Å². The summed E-state index contributed by atoms with van der Waals surface area (Å²) in [4.78, 5) is 13.2. The molecule has 0 aliphatic rings. The van der Waals surface area contributed by atoms with Gasteiger partial charge in [0.25, 0.3) is 6.43 Å². The van der Waals surface area contributed by atoms with E-state index in [0.717, 1.165) is 0 Å². The highest BCUT2D eigenvalue weighted by Gasteiger charge is 2.39. The van der Waals surface area contributed by atoms with Crippen molar-refractivity contribution in [2.45, 2.75) is 19.0 Å². The number of carboxylic acids is 1. The standard InChI is InChI=1S/C9H5ClF5NO2/c10-4-1-3(2-5(17)18)6(8(11)12)7(16-4)9(13,14)15/h1,8H,2H2,(H,17,18). The summed E-state index contributed by atoms with van der Waals surface area (Å²) in [5.41, 5.74) is -4.01. The summed E-state index contributed by atoms with van der Waals surface area (Å²) in [6.45, 7) is 0. The number of hydrogen-bond acceptors (Lipinski definition) is 2. The van der Waals surface area contributed by atoms with Gasteiger partial charge in [0.15, 0.2) is 5.69 Å². The number of alkyl halides is 5. The Labute approximate surface area is 102 Å². The third-order valence-electron chi connectivity index (χ3n) is 1.94. The summed E-state index contributed by atoms with van der Waals surface area (Å²) in [6, 6.07) is 0.687. The van der Waals surface area contributed by atoms with Crippen molar-refractivity contribution in [3.63, 3.8) is 0 Å². The normalized spacial score (nSPS) is 11.9. The van der Waals surface area contributed by atoms with Crippen LogP contribution in [-0.2, 0) is 17.4 Å². The van der Waals surface area contributed by atoms with Gasteiger partial charge >= 0.3 is 12.1 Å². The molecule has 0 aromatic carbocycles. The first-order valence-corrected chi connectivity index (χ1v) is 4.77. The summed E-state index contributed by atoms with van der Waals surface area (Å²) >= 11 is 5.27. The highest BCUT2D eigenvalue weighted by atomic mass is 35.5. The molecule has 0 bridgehead atoms. The molecule has 0 atom stereocenters. The average molecular weight is 290 g/mol. The minimum atomic E-state index is -5.14. The van der Waals surface area contributed by atoms with Gasteiger partial charge in [0.1, 0.15) is 5.15 Å². The molecule has 0 aliphatic heterocycles. The van der Waals surface area contributed by atoms with E-state index < -0.39 is 47.0 Å². The van der Waals surface area contributed by atoms with Gasteiger partial charge in [0.05, 0.1) is 12.0 Å². The van der Waals surface area contributed by atoms with Crippen molar-refractivity contribution < 1.29 is 31.9 Å². The Morgan fingerprint density at radius 2 is 2.00 bits per heavy atom. The van der Waals surface area contributed by atoms with Gasteiger partial charge < -0.3 is 5.11 Å². The lowest BCUT2D eigenvalue weighted by Gasteiger charge is -2.15. The van der Waals surface area contributed by atoms with Crippen LogP contribution in [0.25, 0.3) is 0 Å². The topological polar surface area (TPSA) is 50.2 Å². The van der Waals surface area contributed by atoms with Crippen LogP contribution in [0.2, 0.25) is 5.15 Å². The van der Waals surface area contributed by atoms with E-state index >= 15 is 0 Å². The Hall–Kier alpha value is -1.44. The molecule has 0 saturated heterocycles. The Morgan fingerprint density at radius 3 is 2.39 bits per heavy atom. The van der Waals surface area contributed by atoms with Crippen LogP contribution in [0.3, 0.4) is 0 Å². The molecule has 0 radical (unpaired) electrons. The van der Waals surface area contributed by atoms with Crippen molar-refractivity contribution in [3.8, 4) is 0 Å². The third kappa shape index (κ3) is 3.28. The lowest BCUT2D eigenvalue weighted by Crippen LogP contribution is -2.16. The number of halogens is 6. The second-order valence-electron chi connectivity index (χ2n) is 3.24. The second kappa shape index (κ2) is 5.05. The molecule has 100 valence electrons. The molecule has 0 unspecified atom stereocenters. The smallest absolute Gasteiger partial charge is 0.433 e. The zero-order valence-electron chi connectivity index (χ0n) is 8.43. The van der Waals surface area contributed by atoms with Crippen LogP contribution in [0.1, 0.15) is 23.2 Å². The van der Waals surface area contributed by atoms with Gasteiger partial charge in [0, 0.05) is 0 Å². The lowest BCUT2D eigenvalue weighted by molar-refractivity contribution is -0.143. The summed E-state index contributed by atoms with van der Waals surface area (Å²) in [6.07, 6.45) is -9.63. The van der Waals surface area contributed by atoms with E-state index in [2.05, 4.69) is 4.98 Å². The molecule has 18 heavy (non-hydrogen) atoms. The van der Waals surface area contributed by atoms with Crippen molar-refractivity contribution in [2.24, 2.45) is 0 Å². The molecule has 1 rings (SSSR count). The molecule has 1 aromatic heterocycles. The largest absolute Gasteiger partial charge is 0.481 e. The van der Waals surface area contributed by atoms with E-state index in [0.29, 0.717) is 6.07 Å². The van der Waals surface area contributed by atoms with E-state index in [-0.39, 0.29) is 0 Å². The Balaban J connectivity index is 3.51. The van der Waals surface area contributed by atoms with Crippen molar-refractivity contribution >= 4 is 17.6 Å². The first-order valence-electron chi connectivity index (χ1n) is 4.39. The van der Waals surface area contributed by atoms with Crippen molar-refractivity contribution in [1.29, 1.82) is 0 Å². The number of aliphatic carboxylic acids is 1. The van der Waals surface area contributed by atoms with Gasteiger partial charge in [-0.15, -0.1) is 0 Å². The Morgan fingerprint density at radius 1 is 1.44 bits per heavy atom. The van der Waals surface area contributed by atoms with Crippen molar-refractivity contribution in [1.82, 2.24) is 4.98 Å². The highest BCUT2D eigenvalue weighted by molar-refractivity contribution is 6.29. The fourth-order valence-corrected chi connectivity index (χ4v) is 1.56. The fraction of sp³-hybridized carbons (Fsp3) is 0.333. The van der Waals surface area contributed by atoms with Crippen LogP contribution < -0.4 is 0 Å². The maximum Gasteiger partial charge on any atom is 0.433 e. The van der Waals surface area contributed by atoms with Gasteiger partial charge in [-0.05, 0) is 11.6 Å². The second-order valence-corrected chi connectivity index (χ2v) is 3.62. The first kappa shape index (κ1) is 14.6. The van der Waals surface area contributed by atoms with E-state index in [1.54, 1.807) is 0 Å². The van der Waals surface area contributed by atoms with Crippen LogP contribution in [0.15, 0.2) is 6.07 Å².